The van der Waals surface area contributed by atoms with Crippen molar-refractivity contribution in [3.05, 3.63) is 64.7 Å². The molecule has 2 heteroatoms. The van der Waals surface area contributed by atoms with Gasteiger partial charge in [0.2, 0.25) is 0 Å². The summed E-state index contributed by atoms with van der Waals surface area (Å²) in [6.45, 7) is 4.26. The van der Waals surface area contributed by atoms with Gasteiger partial charge in [-0.25, -0.2) is 0 Å². The van der Waals surface area contributed by atoms with E-state index in [1.165, 1.54) is 16.5 Å². The number of nitrogens with zero attached hydrogens (tertiary/aromatic N) is 2. The fourth-order valence-corrected chi connectivity index (χ4v) is 2.36. The molecule has 0 radical (unpaired) electrons. The molecule has 2 aromatic rings. The topological polar surface area (TPSA) is 15.6 Å². The maximum absolute atomic E-state index is 4.74. The Bertz CT molecular complexity index is 688. The van der Waals surface area contributed by atoms with Crippen LogP contribution in [-0.4, -0.2) is 6.17 Å². The van der Waals surface area contributed by atoms with Crippen molar-refractivity contribution in [3.8, 4) is 0 Å². The van der Waals surface area contributed by atoms with Gasteiger partial charge in [0.15, 0.2) is 0 Å². The van der Waals surface area contributed by atoms with Crippen LogP contribution in [0.5, 0.6) is 0 Å². The first-order valence-electron chi connectivity index (χ1n) is 6.24. The van der Waals surface area contributed by atoms with Crippen molar-refractivity contribution in [3.63, 3.8) is 0 Å². The molecular formula is C16H16N2. The van der Waals surface area contributed by atoms with E-state index in [2.05, 4.69) is 67.4 Å². The van der Waals surface area contributed by atoms with Crippen LogP contribution in [-0.2, 0) is 0 Å². The summed E-state index contributed by atoms with van der Waals surface area (Å²) >= 11 is 0. The summed E-state index contributed by atoms with van der Waals surface area (Å²) in [4.78, 5) is 6.97. The molecular weight excluding hydrogens is 220 g/mol. The Balaban J connectivity index is 2.16. The quantitative estimate of drug-likeness (QED) is 0.741. The van der Waals surface area contributed by atoms with E-state index < -0.39 is 0 Å². The van der Waals surface area contributed by atoms with Gasteiger partial charge in [-0.2, -0.15) is 0 Å². The first kappa shape index (κ1) is 11.0. The third-order valence-electron chi connectivity index (χ3n) is 3.34. The molecule has 90 valence electrons. The van der Waals surface area contributed by atoms with Crippen LogP contribution in [0.3, 0.4) is 0 Å². The van der Waals surface area contributed by atoms with Gasteiger partial charge in [0.1, 0.15) is 6.17 Å². The monoisotopic (exact) mass is 236 g/mol. The summed E-state index contributed by atoms with van der Waals surface area (Å²) in [5, 5.41) is 2.26. The van der Waals surface area contributed by atoms with Crippen molar-refractivity contribution in [1.82, 2.24) is 0 Å². The lowest BCUT2D eigenvalue weighted by Gasteiger charge is -2.28. The Morgan fingerprint density at radius 2 is 1.72 bits per heavy atom. The van der Waals surface area contributed by atoms with Gasteiger partial charge in [0.25, 0.3) is 0 Å². The van der Waals surface area contributed by atoms with Crippen molar-refractivity contribution in [2.75, 3.05) is 4.90 Å². The molecule has 0 fully saturated rings. The lowest BCUT2D eigenvalue weighted by atomic mass is 10.1. The Hall–Kier alpha value is -2.09. The molecule has 1 atom stereocenters. The standard InChI is InChI=1S/C16H16N2/c1-12-7-3-6-10-16(12)18-11-14-8-4-5-9-15(14)17-13(18)2/h3-11,13H,1-2H3. The molecule has 0 spiro atoms. The van der Waals surface area contributed by atoms with Crippen LogP contribution in [0.1, 0.15) is 12.5 Å². The second-order valence-electron chi connectivity index (χ2n) is 4.64. The largest absolute Gasteiger partial charge is 0.325 e. The van der Waals surface area contributed by atoms with E-state index >= 15 is 0 Å². The number of rotatable bonds is 1. The Kier molecular flexibility index (Phi) is 2.63. The Labute approximate surface area is 107 Å². The molecule has 0 amide bonds. The third-order valence-corrected chi connectivity index (χ3v) is 3.34. The zero-order valence-corrected chi connectivity index (χ0v) is 10.7. The van der Waals surface area contributed by atoms with E-state index in [-0.39, 0.29) is 6.17 Å². The maximum Gasteiger partial charge on any atom is 0.122 e. The molecule has 3 rings (SSSR count). The SMILES string of the molecule is Cc1ccccc1N1C=c2ccccc2=NC1C. The number of anilines is 1. The molecule has 0 aliphatic carbocycles. The number of para-hydroxylation sites is 2. The first-order chi connectivity index (χ1) is 8.75. The zero-order chi connectivity index (χ0) is 12.5. The lowest BCUT2D eigenvalue weighted by molar-refractivity contribution is 0.728. The minimum Gasteiger partial charge on any atom is -0.325 e. The second kappa shape index (κ2) is 4.30. The van der Waals surface area contributed by atoms with Gasteiger partial charge in [-0.1, -0.05) is 36.4 Å². The molecule has 1 aliphatic heterocycles. The minimum atomic E-state index is 0.140. The van der Waals surface area contributed by atoms with Crippen molar-refractivity contribution in [2.24, 2.45) is 4.99 Å². The second-order valence-corrected chi connectivity index (χ2v) is 4.64. The lowest BCUT2D eigenvalue weighted by Crippen LogP contribution is -2.40. The van der Waals surface area contributed by atoms with Crippen molar-refractivity contribution < 1.29 is 0 Å². The van der Waals surface area contributed by atoms with Gasteiger partial charge in [0.05, 0.1) is 5.36 Å². The smallest absolute Gasteiger partial charge is 0.122 e. The van der Waals surface area contributed by atoms with Crippen molar-refractivity contribution in [1.29, 1.82) is 0 Å². The first-order valence-corrected chi connectivity index (χ1v) is 6.24. The van der Waals surface area contributed by atoms with E-state index in [1.54, 1.807) is 0 Å². The van der Waals surface area contributed by atoms with Gasteiger partial charge in [-0.05, 0) is 31.5 Å². The Morgan fingerprint density at radius 1 is 1.00 bits per heavy atom. The molecule has 0 bridgehead atoms. The molecule has 0 aromatic heterocycles. The summed E-state index contributed by atoms with van der Waals surface area (Å²) in [6, 6.07) is 16.7. The third kappa shape index (κ3) is 1.80. The van der Waals surface area contributed by atoms with Crippen molar-refractivity contribution >= 4 is 11.9 Å². The van der Waals surface area contributed by atoms with E-state index in [9.17, 15) is 0 Å². The van der Waals surface area contributed by atoms with E-state index in [0.717, 1.165) is 5.36 Å². The highest BCUT2D eigenvalue weighted by molar-refractivity contribution is 5.63. The van der Waals surface area contributed by atoms with Gasteiger partial charge in [-0.15, -0.1) is 0 Å². The average molecular weight is 236 g/mol. The van der Waals surface area contributed by atoms with Crippen LogP contribution in [0.2, 0.25) is 0 Å². The molecule has 1 heterocycles. The highest BCUT2D eigenvalue weighted by Gasteiger charge is 2.15. The minimum absolute atomic E-state index is 0.140. The number of hydrogen-bond acceptors (Lipinski definition) is 2. The van der Waals surface area contributed by atoms with Gasteiger partial charge < -0.3 is 4.90 Å². The number of benzene rings is 2. The molecule has 2 aromatic carbocycles. The number of hydrogen-bond donors (Lipinski definition) is 0. The fraction of sp³-hybridized carbons (Fsp3) is 0.188. The molecule has 0 saturated heterocycles. The molecule has 0 saturated carbocycles. The van der Waals surface area contributed by atoms with Crippen LogP contribution in [0.25, 0.3) is 6.20 Å². The molecule has 2 nitrogen and oxygen atoms in total. The summed E-state index contributed by atoms with van der Waals surface area (Å²) in [7, 11) is 0. The Morgan fingerprint density at radius 3 is 2.56 bits per heavy atom. The van der Waals surface area contributed by atoms with Crippen LogP contribution in [0.4, 0.5) is 5.69 Å². The van der Waals surface area contributed by atoms with E-state index in [0.29, 0.717) is 0 Å². The van der Waals surface area contributed by atoms with Crippen LogP contribution in [0, 0.1) is 6.92 Å². The predicted octanol–water partition coefficient (Wildman–Crippen LogP) is 2.22. The maximum atomic E-state index is 4.74. The van der Waals surface area contributed by atoms with Gasteiger partial charge >= 0.3 is 0 Å². The molecule has 18 heavy (non-hydrogen) atoms. The molecule has 1 aliphatic rings. The summed E-state index contributed by atoms with van der Waals surface area (Å²) in [5.41, 5.74) is 2.50. The van der Waals surface area contributed by atoms with Gasteiger partial charge in [-0.3, -0.25) is 4.99 Å². The van der Waals surface area contributed by atoms with Crippen LogP contribution >= 0.6 is 0 Å². The normalized spacial score (nSPS) is 17.7. The summed E-state index contributed by atoms with van der Waals surface area (Å²) in [5.74, 6) is 0. The van der Waals surface area contributed by atoms with E-state index in [1.807, 2.05) is 6.07 Å². The average Bonchev–Trinajstić information content (AvgIpc) is 2.39. The van der Waals surface area contributed by atoms with Crippen molar-refractivity contribution in [2.45, 2.75) is 20.0 Å². The summed E-state index contributed by atoms with van der Waals surface area (Å²) < 4.78 is 0. The number of aryl methyl sites for hydroxylation is 1. The van der Waals surface area contributed by atoms with Gasteiger partial charge in [0, 0.05) is 17.1 Å². The molecule has 1 unspecified atom stereocenters. The fourth-order valence-electron chi connectivity index (χ4n) is 2.36. The van der Waals surface area contributed by atoms with Crippen LogP contribution in [0.15, 0.2) is 53.5 Å². The number of fused-ring (bicyclic) bond motifs is 1. The highest BCUT2D eigenvalue weighted by atomic mass is 15.2. The predicted molar refractivity (Wildman–Crippen MR) is 74.8 cm³/mol. The summed E-state index contributed by atoms with van der Waals surface area (Å²) in [6.07, 6.45) is 2.33. The highest BCUT2D eigenvalue weighted by Crippen LogP contribution is 2.22. The van der Waals surface area contributed by atoms with Crippen LogP contribution < -0.4 is 15.5 Å². The zero-order valence-electron chi connectivity index (χ0n) is 10.7. The van der Waals surface area contributed by atoms with E-state index in [4.69, 9.17) is 4.99 Å². The molecule has 0 N–H and O–H groups in total.